The Balaban J connectivity index is 1.37. The fourth-order valence-electron chi connectivity index (χ4n) is 5.87. The van der Waals surface area contributed by atoms with Gasteiger partial charge in [0.1, 0.15) is 17.6 Å². The van der Waals surface area contributed by atoms with Crippen LogP contribution in [0.1, 0.15) is 64.5 Å². The van der Waals surface area contributed by atoms with E-state index in [4.69, 9.17) is 16.0 Å². The second-order valence-electron chi connectivity index (χ2n) is 14.0. The molecule has 1 saturated carbocycles. The number of rotatable bonds is 12. The zero-order valence-electron chi connectivity index (χ0n) is 28.4. The number of carbonyl (C=O) groups is 4. The summed E-state index contributed by atoms with van der Waals surface area (Å²) < 4.78 is 45.5. The molecule has 0 bridgehead atoms. The minimum atomic E-state index is -4.56. The van der Waals surface area contributed by atoms with Crippen LogP contribution in [0, 0.1) is 5.41 Å². The molecule has 11 nitrogen and oxygen atoms in total. The fraction of sp³-hybridized carbons (Fsp3) is 0.514. The van der Waals surface area contributed by atoms with Gasteiger partial charge in [-0.2, -0.15) is 18.2 Å². The highest BCUT2D eigenvalue weighted by atomic mass is 35.5. The molecule has 3 amide bonds. The SMILES string of the molecule is CCC[C@H](NC(=O)[C@H]1CN(C(=O)[C@@H](Nc2nc3cc(C(F)(F)F)ccc3o2)C(C)(C)C)CCN1Cc1ccc(Cl)cc1)C(=O)C(=O)NC1CC1. The van der Waals surface area contributed by atoms with E-state index < -0.39 is 52.9 Å². The van der Waals surface area contributed by atoms with Crippen LogP contribution in [0.4, 0.5) is 19.2 Å². The molecule has 0 spiro atoms. The van der Waals surface area contributed by atoms with E-state index in [1.807, 2.05) is 44.7 Å². The number of amides is 3. The van der Waals surface area contributed by atoms with Gasteiger partial charge in [-0.3, -0.25) is 24.1 Å². The van der Waals surface area contributed by atoms with Gasteiger partial charge in [-0.25, -0.2) is 0 Å². The monoisotopic (exact) mass is 718 g/mol. The maximum Gasteiger partial charge on any atom is 0.416 e. The van der Waals surface area contributed by atoms with Gasteiger partial charge >= 0.3 is 6.18 Å². The van der Waals surface area contributed by atoms with E-state index in [1.54, 1.807) is 17.0 Å². The van der Waals surface area contributed by atoms with Crippen molar-refractivity contribution < 1.29 is 36.8 Å². The van der Waals surface area contributed by atoms with Gasteiger partial charge in [0.2, 0.25) is 17.6 Å². The molecular weight excluding hydrogens is 677 g/mol. The van der Waals surface area contributed by atoms with E-state index >= 15 is 0 Å². The molecule has 1 aromatic heterocycles. The average Bonchev–Trinajstić information content (AvgIpc) is 3.77. The number of hydrogen-bond donors (Lipinski definition) is 3. The summed E-state index contributed by atoms with van der Waals surface area (Å²) in [5.41, 5.74) is -0.607. The summed E-state index contributed by atoms with van der Waals surface area (Å²) in [4.78, 5) is 61.6. The number of alkyl halides is 3. The molecule has 1 saturated heterocycles. The van der Waals surface area contributed by atoms with Crippen molar-refractivity contribution in [3.8, 4) is 0 Å². The first-order valence-electron chi connectivity index (χ1n) is 16.7. The molecule has 2 heterocycles. The lowest BCUT2D eigenvalue weighted by Crippen LogP contribution is -2.63. The highest BCUT2D eigenvalue weighted by molar-refractivity contribution is 6.38. The molecule has 2 aromatic carbocycles. The molecule has 2 fully saturated rings. The van der Waals surface area contributed by atoms with Crippen LogP contribution in [0.2, 0.25) is 5.02 Å². The van der Waals surface area contributed by atoms with Crippen LogP contribution < -0.4 is 16.0 Å². The summed E-state index contributed by atoms with van der Waals surface area (Å²) >= 11 is 6.09. The molecule has 3 atom stereocenters. The maximum atomic E-state index is 14.2. The number of oxazole rings is 1. The Labute approximate surface area is 293 Å². The van der Waals surface area contributed by atoms with Crippen molar-refractivity contribution >= 4 is 52.2 Å². The van der Waals surface area contributed by atoms with E-state index in [0.717, 1.165) is 30.5 Å². The number of nitrogens with one attached hydrogen (secondary N) is 3. The molecule has 3 aromatic rings. The first kappa shape index (κ1) is 37.1. The second-order valence-corrected chi connectivity index (χ2v) is 14.4. The van der Waals surface area contributed by atoms with Gasteiger partial charge < -0.3 is 25.3 Å². The first-order chi connectivity index (χ1) is 23.5. The highest BCUT2D eigenvalue weighted by Gasteiger charge is 2.42. The molecule has 0 radical (unpaired) electrons. The Bertz CT molecular complexity index is 1720. The standard InChI is InChI=1S/C35H42ClF3N6O5/c1-5-6-24(28(46)31(48)40-23-12-13-23)41-30(47)26-19-45(16-15-44(26)18-20-7-10-22(36)11-8-20)32(49)29(34(2,3)4)43-33-42-25-17-21(35(37,38)39)9-14-27(25)50-33/h7-11,14,17,23-24,26,29H,5-6,12-13,15-16,18-19H2,1-4H3,(H,40,48)(H,41,47)(H,42,43)/t24-,26+,29+/m0/s1. The third kappa shape index (κ3) is 9.13. The number of Topliss-reactive ketones (excluding diaryl/α,β-unsaturated/α-hetero) is 1. The van der Waals surface area contributed by atoms with Gasteiger partial charge in [0, 0.05) is 37.2 Å². The third-order valence-electron chi connectivity index (χ3n) is 8.85. The zero-order valence-corrected chi connectivity index (χ0v) is 29.2. The predicted octanol–water partition coefficient (Wildman–Crippen LogP) is 5.17. The summed E-state index contributed by atoms with van der Waals surface area (Å²) in [6.45, 7) is 8.20. The summed E-state index contributed by atoms with van der Waals surface area (Å²) in [6, 6.07) is 7.15. The number of hydrogen-bond acceptors (Lipinski definition) is 8. The molecule has 50 heavy (non-hydrogen) atoms. The summed E-state index contributed by atoms with van der Waals surface area (Å²) in [6.07, 6.45) is -2.13. The average molecular weight is 719 g/mol. The van der Waals surface area contributed by atoms with Crippen LogP contribution in [-0.4, -0.2) is 82.1 Å². The Morgan fingerprint density at radius 1 is 1.04 bits per heavy atom. The van der Waals surface area contributed by atoms with Crippen LogP contribution in [0.25, 0.3) is 11.1 Å². The normalized spacial score (nSPS) is 18.4. The van der Waals surface area contributed by atoms with Crippen molar-refractivity contribution in [3.63, 3.8) is 0 Å². The van der Waals surface area contributed by atoms with E-state index in [-0.39, 0.29) is 48.6 Å². The van der Waals surface area contributed by atoms with E-state index in [1.165, 1.54) is 6.07 Å². The zero-order chi connectivity index (χ0) is 36.4. The van der Waals surface area contributed by atoms with E-state index in [0.29, 0.717) is 24.5 Å². The van der Waals surface area contributed by atoms with Gasteiger partial charge in [0.25, 0.3) is 11.9 Å². The van der Waals surface area contributed by atoms with Crippen molar-refractivity contribution in [2.45, 2.75) is 90.3 Å². The van der Waals surface area contributed by atoms with E-state index in [2.05, 4.69) is 20.9 Å². The molecule has 15 heteroatoms. The van der Waals surface area contributed by atoms with Gasteiger partial charge in [-0.1, -0.05) is 57.8 Å². The van der Waals surface area contributed by atoms with Gasteiger partial charge in [0.05, 0.1) is 11.6 Å². The number of aromatic nitrogens is 1. The Morgan fingerprint density at radius 2 is 1.74 bits per heavy atom. The lowest BCUT2D eigenvalue weighted by Gasteiger charge is -2.43. The van der Waals surface area contributed by atoms with Gasteiger partial charge in [-0.05, 0) is 60.6 Å². The van der Waals surface area contributed by atoms with Crippen molar-refractivity contribution in [1.29, 1.82) is 0 Å². The number of fused-ring (bicyclic) bond motifs is 1. The number of ketones is 1. The van der Waals surface area contributed by atoms with Crippen molar-refractivity contribution in [1.82, 2.24) is 25.4 Å². The summed E-state index contributed by atoms with van der Waals surface area (Å²) in [5.74, 6) is -2.30. The highest BCUT2D eigenvalue weighted by Crippen LogP contribution is 2.33. The topological polar surface area (TPSA) is 137 Å². The smallest absolute Gasteiger partial charge is 0.416 e. The largest absolute Gasteiger partial charge is 0.424 e. The maximum absolute atomic E-state index is 14.2. The number of benzene rings is 2. The van der Waals surface area contributed by atoms with Crippen molar-refractivity contribution in [2.24, 2.45) is 5.41 Å². The summed E-state index contributed by atoms with van der Waals surface area (Å²) in [7, 11) is 0. The Kier molecular flexibility index (Phi) is 11.1. The van der Waals surface area contributed by atoms with Gasteiger partial charge in [0.15, 0.2) is 5.58 Å². The lowest BCUT2D eigenvalue weighted by atomic mass is 9.85. The second kappa shape index (κ2) is 15.0. The number of anilines is 1. The predicted molar refractivity (Wildman–Crippen MR) is 181 cm³/mol. The van der Waals surface area contributed by atoms with Crippen LogP contribution in [0.15, 0.2) is 46.9 Å². The Morgan fingerprint density at radius 3 is 2.36 bits per heavy atom. The van der Waals surface area contributed by atoms with Crippen LogP contribution >= 0.6 is 11.6 Å². The van der Waals surface area contributed by atoms with Crippen LogP contribution in [0.3, 0.4) is 0 Å². The first-order valence-corrected chi connectivity index (χ1v) is 17.1. The molecule has 270 valence electrons. The lowest BCUT2D eigenvalue weighted by molar-refractivity contribution is -0.143. The number of nitrogens with zero attached hydrogens (tertiary/aromatic N) is 3. The summed E-state index contributed by atoms with van der Waals surface area (Å²) in [5, 5.41) is 9.05. The fourth-order valence-corrected chi connectivity index (χ4v) is 6.00. The molecule has 0 unspecified atom stereocenters. The minimum Gasteiger partial charge on any atom is -0.424 e. The van der Waals surface area contributed by atoms with Crippen LogP contribution in [-0.2, 0) is 31.9 Å². The van der Waals surface area contributed by atoms with E-state index in [9.17, 15) is 32.3 Å². The third-order valence-corrected chi connectivity index (χ3v) is 9.10. The van der Waals surface area contributed by atoms with Crippen LogP contribution in [0.5, 0.6) is 0 Å². The molecule has 2 aliphatic rings. The Hall–Kier alpha value is -4.17. The molecule has 5 rings (SSSR count). The molecular formula is C35H42ClF3N6O5. The van der Waals surface area contributed by atoms with Crippen molar-refractivity contribution in [3.05, 3.63) is 58.6 Å². The number of piperazine rings is 1. The number of halogens is 4. The molecule has 1 aliphatic heterocycles. The minimum absolute atomic E-state index is 0.0167. The number of carbonyl (C=O) groups excluding carboxylic acids is 4. The quantitative estimate of drug-likeness (QED) is 0.218. The van der Waals surface area contributed by atoms with Crippen molar-refractivity contribution in [2.75, 3.05) is 25.0 Å². The molecule has 1 aliphatic carbocycles. The molecule has 3 N–H and O–H groups in total. The van der Waals surface area contributed by atoms with Gasteiger partial charge in [-0.15, -0.1) is 0 Å².